The van der Waals surface area contributed by atoms with Gasteiger partial charge in [0.2, 0.25) is 0 Å². The van der Waals surface area contributed by atoms with E-state index < -0.39 is 19.3 Å². The second-order valence-corrected chi connectivity index (χ2v) is 16.6. The predicted octanol–water partition coefficient (Wildman–Crippen LogP) is 3.64. The molecule has 1 unspecified atom stereocenters. The average molecular weight is 546 g/mol. The highest BCUT2D eigenvalue weighted by Crippen LogP contribution is 2.24. The Hall–Kier alpha value is -2.80. The molecule has 0 spiro atoms. The smallest absolute Gasteiger partial charge is 0.332 e. The van der Waals surface area contributed by atoms with Crippen LogP contribution in [0.1, 0.15) is 31.2 Å². The highest BCUT2D eigenvalue weighted by molar-refractivity contribution is 6.76. The Morgan fingerprint density at radius 2 is 1.95 bits per heavy atom. The zero-order chi connectivity index (χ0) is 27.3. The quantitative estimate of drug-likeness (QED) is 0.251. The standard InChI is InChI=1S/C26H39N5O6Si/c1-19-15-20(17-27-16-19)37-25-28-23-22(31(25)18-34-13-14-38(3,4)5)24(32)30(26(33)29(23)2)10-8-12-36-21-9-6-7-11-35-21/h15-17,21H,6-14,18H2,1-5H3. The number of fused-ring (bicyclic) bond motifs is 1. The topological polar surface area (TPSA) is 112 Å². The van der Waals surface area contributed by atoms with Gasteiger partial charge in [-0.3, -0.25) is 23.5 Å². The molecule has 1 aliphatic heterocycles. The third-order valence-electron chi connectivity index (χ3n) is 6.44. The minimum atomic E-state index is -1.30. The number of rotatable bonds is 12. The number of ether oxygens (including phenoxy) is 4. The molecule has 12 heteroatoms. The molecule has 0 amide bonds. The molecule has 0 bridgehead atoms. The summed E-state index contributed by atoms with van der Waals surface area (Å²) in [6.07, 6.45) is 6.58. The number of imidazole rings is 1. The fraction of sp³-hybridized carbons (Fsp3) is 0.615. The van der Waals surface area contributed by atoms with Gasteiger partial charge in [0, 0.05) is 41.1 Å². The van der Waals surface area contributed by atoms with Gasteiger partial charge in [0.1, 0.15) is 12.5 Å². The molecule has 3 aromatic heterocycles. The number of aryl methyl sites for hydroxylation is 2. The third-order valence-corrected chi connectivity index (χ3v) is 8.15. The molecule has 4 rings (SSSR count). The Kier molecular flexibility index (Phi) is 9.18. The van der Waals surface area contributed by atoms with Crippen molar-refractivity contribution in [1.82, 2.24) is 23.7 Å². The molecule has 38 heavy (non-hydrogen) atoms. The van der Waals surface area contributed by atoms with Crippen molar-refractivity contribution in [3.8, 4) is 11.8 Å². The molecule has 0 radical (unpaired) electrons. The van der Waals surface area contributed by atoms with E-state index in [2.05, 4.69) is 29.6 Å². The SMILES string of the molecule is Cc1cncc(Oc2nc3c(c(=O)n(CCCOC4CCCCO4)c(=O)n3C)n2COCC[Si](C)(C)C)c1. The van der Waals surface area contributed by atoms with E-state index in [-0.39, 0.29) is 36.7 Å². The number of aromatic nitrogens is 5. The van der Waals surface area contributed by atoms with E-state index in [9.17, 15) is 9.59 Å². The molecule has 4 heterocycles. The third kappa shape index (κ3) is 6.98. The van der Waals surface area contributed by atoms with Gasteiger partial charge in [-0.15, -0.1) is 0 Å². The van der Waals surface area contributed by atoms with Gasteiger partial charge >= 0.3 is 11.7 Å². The summed E-state index contributed by atoms with van der Waals surface area (Å²) in [6.45, 7) is 10.7. The number of hydrogen-bond acceptors (Lipinski definition) is 8. The van der Waals surface area contributed by atoms with Crippen LogP contribution in [-0.4, -0.2) is 57.9 Å². The first-order valence-corrected chi connectivity index (χ1v) is 17.0. The molecular formula is C26H39N5O6Si. The Morgan fingerprint density at radius 1 is 1.13 bits per heavy atom. The fourth-order valence-corrected chi connectivity index (χ4v) is 5.01. The van der Waals surface area contributed by atoms with E-state index in [0.717, 1.165) is 30.9 Å². The zero-order valence-electron chi connectivity index (χ0n) is 23.1. The molecule has 0 N–H and O–H groups in total. The Labute approximate surface area is 223 Å². The van der Waals surface area contributed by atoms with Gasteiger partial charge in [0.15, 0.2) is 17.5 Å². The zero-order valence-corrected chi connectivity index (χ0v) is 24.1. The van der Waals surface area contributed by atoms with Crippen LogP contribution in [-0.2, 0) is 34.5 Å². The maximum Gasteiger partial charge on any atom is 0.332 e. The van der Waals surface area contributed by atoms with Crippen molar-refractivity contribution in [3.63, 3.8) is 0 Å². The van der Waals surface area contributed by atoms with Crippen LogP contribution < -0.4 is 16.0 Å². The summed E-state index contributed by atoms with van der Waals surface area (Å²) in [5.41, 5.74) is 0.548. The van der Waals surface area contributed by atoms with E-state index in [1.165, 1.54) is 9.13 Å². The van der Waals surface area contributed by atoms with E-state index >= 15 is 0 Å². The molecule has 1 atom stereocenters. The monoisotopic (exact) mass is 545 g/mol. The number of hydrogen-bond donors (Lipinski definition) is 0. The van der Waals surface area contributed by atoms with Crippen molar-refractivity contribution < 1.29 is 18.9 Å². The number of pyridine rings is 1. The fourth-order valence-electron chi connectivity index (χ4n) is 4.25. The molecular weight excluding hydrogens is 506 g/mol. The van der Waals surface area contributed by atoms with Crippen LogP contribution in [0, 0.1) is 6.92 Å². The molecule has 0 aromatic carbocycles. The first-order valence-electron chi connectivity index (χ1n) is 13.2. The second-order valence-electron chi connectivity index (χ2n) is 11.0. The summed E-state index contributed by atoms with van der Waals surface area (Å²) in [7, 11) is 0.303. The van der Waals surface area contributed by atoms with Crippen LogP contribution in [0.25, 0.3) is 11.2 Å². The van der Waals surface area contributed by atoms with Crippen LogP contribution in [0.5, 0.6) is 11.8 Å². The summed E-state index contributed by atoms with van der Waals surface area (Å²) in [5, 5.41) is 0. The normalized spacial score (nSPS) is 16.3. The lowest BCUT2D eigenvalue weighted by molar-refractivity contribution is -0.163. The first kappa shape index (κ1) is 28.2. The Bertz CT molecular complexity index is 1350. The van der Waals surface area contributed by atoms with E-state index in [4.69, 9.17) is 18.9 Å². The van der Waals surface area contributed by atoms with Crippen molar-refractivity contribution in [2.75, 3.05) is 19.8 Å². The maximum absolute atomic E-state index is 13.6. The van der Waals surface area contributed by atoms with Crippen molar-refractivity contribution in [3.05, 3.63) is 44.9 Å². The van der Waals surface area contributed by atoms with E-state index in [1.54, 1.807) is 24.0 Å². The molecule has 3 aromatic rings. The average Bonchev–Trinajstić information content (AvgIpc) is 3.23. The van der Waals surface area contributed by atoms with Crippen LogP contribution in [0.3, 0.4) is 0 Å². The van der Waals surface area contributed by atoms with Crippen molar-refractivity contribution in [2.24, 2.45) is 7.05 Å². The van der Waals surface area contributed by atoms with Crippen molar-refractivity contribution in [1.29, 1.82) is 0 Å². The Balaban J connectivity index is 1.62. The lowest BCUT2D eigenvalue weighted by atomic mass is 10.2. The lowest BCUT2D eigenvalue weighted by Gasteiger charge is -2.22. The molecule has 0 saturated carbocycles. The summed E-state index contributed by atoms with van der Waals surface area (Å²) in [5.74, 6) is 0.482. The predicted molar refractivity (Wildman–Crippen MR) is 147 cm³/mol. The van der Waals surface area contributed by atoms with Crippen molar-refractivity contribution >= 4 is 19.2 Å². The molecule has 1 fully saturated rings. The van der Waals surface area contributed by atoms with Gasteiger partial charge in [-0.2, -0.15) is 4.98 Å². The van der Waals surface area contributed by atoms with Crippen molar-refractivity contribution in [2.45, 2.75) is 77.9 Å². The molecule has 0 aliphatic carbocycles. The minimum Gasteiger partial charge on any atom is -0.424 e. The van der Waals surface area contributed by atoms with E-state index in [1.807, 2.05) is 13.0 Å². The van der Waals surface area contributed by atoms with E-state index in [0.29, 0.717) is 32.0 Å². The van der Waals surface area contributed by atoms with Gasteiger partial charge in [0.05, 0.1) is 12.8 Å². The summed E-state index contributed by atoms with van der Waals surface area (Å²) in [4.78, 5) is 35.5. The summed E-state index contributed by atoms with van der Waals surface area (Å²) < 4.78 is 27.6. The van der Waals surface area contributed by atoms with Crippen LogP contribution in [0.15, 0.2) is 28.0 Å². The van der Waals surface area contributed by atoms with Gasteiger partial charge in [-0.05, 0) is 50.3 Å². The number of nitrogens with zero attached hydrogens (tertiary/aromatic N) is 5. The maximum atomic E-state index is 13.6. The molecule has 208 valence electrons. The molecule has 11 nitrogen and oxygen atoms in total. The van der Waals surface area contributed by atoms with Gasteiger partial charge < -0.3 is 18.9 Å². The van der Waals surface area contributed by atoms with Gasteiger partial charge in [-0.1, -0.05) is 19.6 Å². The second kappa shape index (κ2) is 12.4. The van der Waals surface area contributed by atoms with Gasteiger partial charge in [0.25, 0.3) is 5.56 Å². The molecule has 1 saturated heterocycles. The van der Waals surface area contributed by atoms with Crippen LogP contribution in [0.4, 0.5) is 0 Å². The largest absolute Gasteiger partial charge is 0.424 e. The summed E-state index contributed by atoms with van der Waals surface area (Å²) >= 11 is 0. The lowest BCUT2D eigenvalue weighted by Crippen LogP contribution is -2.40. The van der Waals surface area contributed by atoms with Crippen LogP contribution in [0.2, 0.25) is 25.7 Å². The molecule has 1 aliphatic rings. The Morgan fingerprint density at radius 3 is 2.66 bits per heavy atom. The van der Waals surface area contributed by atoms with Crippen LogP contribution >= 0.6 is 0 Å². The highest BCUT2D eigenvalue weighted by Gasteiger charge is 2.23. The first-order chi connectivity index (χ1) is 18.1. The summed E-state index contributed by atoms with van der Waals surface area (Å²) in [6, 6.07) is 2.98. The highest BCUT2D eigenvalue weighted by atomic mass is 28.3. The van der Waals surface area contributed by atoms with Gasteiger partial charge in [-0.25, -0.2) is 4.79 Å². The minimum absolute atomic E-state index is 0.0745.